The summed E-state index contributed by atoms with van der Waals surface area (Å²) < 4.78 is 0. The van der Waals surface area contributed by atoms with Crippen LogP contribution in [0.2, 0.25) is 0 Å². The van der Waals surface area contributed by atoms with Crippen LogP contribution in [-0.2, 0) is 4.79 Å². The first-order chi connectivity index (χ1) is 8.06. The van der Waals surface area contributed by atoms with E-state index >= 15 is 0 Å². The van der Waals surface area contributed by atoms with E-state index in [0.717, 1.165) is 18.9 Å². The topological polar surface area (TPSA) is 86.6 Å². The molecule has 0 saturated heterocycles. The number of benzene rings is 1. The number of hydrogen-bond donors (Lipinski definition) is 3. The van der Waals surface area contributed by atoms with Crippen molar-refractivity contribution in [3.8, 4) is 5.75 Å². The predicted octanol–water partition coefficient (Wildman–Crippen LogP) is 1.83. The van der Waals surface area contributed by atoms with Crippen molar-refractivity contribution >= 4 is 17.6 Å². The maximum atomic E-state index is 11.6. The summed E-state index contributed by atoms with van der Waals surface area (Å²) in [6.45, 7) is 0. The van der Waals surface area contributed by atoms with E-state index in [1.54, 1.807) is 0 Å². The molecular weight excluding hydrogens is 222 g/mol. The number of aromatic hydroxyl groups is 1. The Morgan fingerprint density at radius 3 is 2.65 bits per heavy atom. The van der Waals surface area contributed by atoms with E-state index in [1.807, 2.05) is 0 Å². The summed E-state index contributed by atoms with van der Waals surface area (Å²) in [5, 5.41) is 20.7. The van der Waals surface area contributed by atoms with Crippen LogP contribution >= 0.6 is 0 Å². The summed E-state index contributed by atoms with van der Waals surface area (Å²) in [5.41, 5.74) is 0.120. The zero-order chi connectivity index (χ0) is 12.4. The SMILES string of the molecule is O=C(CC1CC1)Nc1ccc(O)cc1C(=O)O. The summed E-state index contributed by atoms with van der Waals surface area (Å²) >= 11 is 0. The van der Waals surface area contributed by atoms with Crippen LogP contribution in [0.1, 0.15) is 29.6 Å². The smallest absolute Gasteiger partial charge is 0.337 e. The van der Waals surface area contributed by atoms with Gasteiger partial charge >= 0.3 is 5.97 Å². The average molecular weight is 235 g/mol. The van der Waals surface area contributed by atoms with Gasteiger partial charge in [-0.3, -0.25) is 4.79 Å². The van der Waals surface area contributed by atoms with Crippen molar-refractivity contribution in [1.29, 1.82) is 0 Å². The summed E-state index contributed by atoms with van der Waals surface area (Å²) in [6.07, 6.45) is 2.56. The molecule has 0 aromatic heterocycles. The molecule has 3 N–H and O–H groups in total. The molecule has 1 aliphatic rings. The normalized spacial score (nSPS) is 14.4. The number of phenols is 1. The molecule has 1 fully saturated rings. The number of amides is 1. The third kappa shape index (κ3) is 2.96. The van der Waals surface area contributed by atoms with Gasteiger partial charge in [0.2, 0.25) is 5.91 Å². The molecular formula is C12H13NO4. The summed E-state index contributed by atoms with van der Waals surface area (Å²) in [5.74, 6) is -1.05. The number of carbonyl (C=O) groups is 2. The fourth-order valence-electron chi connectivity index (χ4n) is 1.60. The van der Waals surface area contributed by atoms with E-state index < -0.39 is 5.97 Å². The number of carbonyl (C=O) groups excluding carboxylic acids is 1. The number of phenolic OH excluding ortho intramolecular Hbond substituents is 1. The van der Waals surface area contributed by atoms with Crippen molar-refractivity contribution in [2.24, 2.45) is 5.92 Å². The first-order valence-corrected chi connectivity index (χ1v) is 5.42. The maximum Gasteiger partial charge on any atom is 0.337 e. The second-order valence-corrected chi connectivity index (χ2v) is 4.23. The Kier molecular flexibility index (Phi) is 2.99. The minimum absolute atomic E-state index is 0.103. The van der Waals surface area contributed by atoms with Crippen molar-refractivity contribution in [2.75, 3.05) is 5.32 Å². The lowest BCUT2D eigenvalue weighted by atomic mass is 10.1. The monoisotopic (exact) mass is 235 g/mol. The lowest BCUT2D eigenvalue weighted by Crippen LogP contribution is -2.14. The lowest BCUT2D eigenvalue weighted by molar-refractivity contribution is -0.116. The largest absolute Gasteiger partial charge is 0.508 e. The molecule has 2 rings (SSSR count). The molecule has 1 aliphatic carbocycles. The number of nitrogens with one attached hydrogen (secondary N) is 1. The molecule has 1 aromatic rings. The van der Waals surface area contributed by atoms with Crippen LogP contribution in [0.3, 0.4) is 0 Å². The van der Waals surface area contributed by atoms with Crippen molar-refractivity contribution < 1.29 is 19.8 Å². The van der Waals surface area contributed by atoms with Gasteiger partial charge in [0.1, 0.15) is 5.75 Å². The fourth-order valence-corrected chi connectivity index (χ4v) is 1.60. The fraction of sp³-hybridized carbons (Fsp3) is 0.333. The van der Waals surface area contributed by atoms with Crippen molar-refractivity contribution in [1.82, 2.24) is 0 Å². The molecule has 0 aliphatic heterocycles. The lowest BCUT2D eigenvalue weighted by Gasteiger charge is -2.08. The van der Waals surface area contributed by atoms with Crippen molar-refractivity contribution in [3.05, 3.63) is 23.8 Å². The second kappa shape index (κ2) is 4.45. The van der Waals surface area contributed by atoms with Crippen LogP contribution in [0.5, 0.6) is 5.75 Å². The highest BCUT2D eigenvalue weighted by atomic mass is 16.4. The number of aromatic carboxylic acids is 1. The van der Waals surface area contributed by atoms with Gasteiger partial charge < -0.3 is 15.5 Å². The number of hydrogen-bond acceptors (Lipinski definition) is 3. The van der Waals surface area contributed by atoms with E-state index in [2.05, 4.69) is 5.32 Å². The van der Waals surface area contributed by atoms with E-state index in [9.17, 15) is 14.7 Å². The van der Waals surface area contributed by atoms with Gasteiger partial charge in [-0.2, -0.15) is 0 Å². The number of anilines is 1. The first kappa shape index (κ1) is 11.4. The zero-order valence-corrected chi connectivity index (χ0v) is 9.14. The zero-order valence-electron chi connectivity index (χ0n) is 9.14. The Morgan fingerprint density at radius 1 is 1.35 bits per heavy atom. The average Bonchev–Trinajstić information content (AvgIpc) is 3.04. The maximum absolute atomic E-state index is 11.6. The molecule has 5 heteroatoms. The van der Waals surface area contributed by atoms with E-state index in [0.29, 0.717) is 12.3 Å². The Morgan fingerprint density at radius 2 is 2.06 bits per heavy atom. The van der Waals surface area contributed by atoms with Gasteiger partial charge in [-0.1, -0.05) is 0 Å². The molecule has 1 amide bonds. The van der Waals surface area contributed by atoms with Gasteiger partial charge in [0.25, 0.3) is 0 Å². The molecule has 1 aromatic carbocycles. The van der Waals surface area contributed by atoms with E-state index in [1.165, 1.54) is 12.1 Å². The van der Waals surface area contributed by atoms with Crippen LogP contribution in [-0.4, -0.2) is 22.1 Å². The molecule has 0 heterocycles. The Labute approximate surface area is 98.1 Å². The highest BCUT2D eigenvalue weighted by Gasteiger charge is 2.25. The number of rotatable bonds is 4. The van der Waals surface area contributed by atoms with Gasteiger partial charge in [0, 0.05) is 6.42 Å². The Balaban J connectivity index is 2.13. The van der Waals surface area contributed by atoms with Gasteiger partial charge in [-0.25, -0.2) is 4.79 Å². The molecule has 90 valence electrons. The molecule has 0 spiro atoms. The van der Waals surface area contributed by atoms with Gasteiger partial charge in [-0.05, 0) is 37.0 Å². The van der Waals surface area contributed by atoms with E-state index in [-0.39, 0.29) is 22.9 Å². The molecule has 0 unspecified atom stereocenters. The van der Waals surface area contributed by atoms with Gasteiger partial charge in [0.15, 0.2) is 0 Å². The Bertz CT molecular complexity index is 466. The second-order valence-electron chi connectivity index (χ2n) is 4.23. The molecule has 0 bridgehead atoms. The standard InChI is InChI=1S/C12H13NO4/c14-8-3-4-10(9(6-8)12(16)17)13-11(15)5-7-1-2-7/h3-4,6-7,14H,1-2,5H2,(H,13,15)(H,16,17). The number of carboxylic acid groups (broad SMARTS) is 1. The third-order valence-electron chi connectivity index (χ3n) is 2.68. The summed E-state index contributed by atoms with van der Waals surface area (Å²) in [4.78, 5) is 22.5. The van der Waals surface area contributed by atoms with Gasteiger partial charge in [0.05, 0.1) is 11.3 Å². The minimum atomic E-state index is -1.18. The minimum Gasteiger partial charge on any atom is -0.508 e. The van der Waals surface area contributed by atoms with Crippen LogP contribution in [0.4, 0.5) is 5.69 Å². The molecule has 17 heavy (non-hydrogen) atoms. The summed E-state index contributed by atoms with van der Waals surface area (Å²) in [6, 6.07) is 3.86. The van der Waals surface area contributed by atoms with Crippen LogP contribution in [0, 0.1) is 5.92 Å². The first-order valence-electron chi connectivity index (χ1n) is 5.42. The molecule has 0 radical (unpaired) electrons. The van der Waals surface area contributed by atoms with E-state index in [4.69, 9.17) is 5.11 Å². The predicted molar refractivity (Wildman–Crippen MR) is 61.0 cm³/mol. The van der Waals surface area contributed by atoms with Crippen LogP contribution in [0.25, 0.3) is 0 Å². The highest BCUT2D eigenvalue weighted by Crippen LogP contribution is 2.32. The molecule has 1 saturated carbocycles. The van der Waals surface area contributed by atoms with Crippen LogP contribution < -0.4 is 5.32 Å². The van der Waals surface area contributed by atoms with Gasteiger partial charge in [-0.15, -0.1) is 0 Å². The third-order valence-corrected chi connectivity index (χ3v) is 2.68. The molecule has 5 nitrogen and oxygen atoms in total. The Hall–Kier alpha value is -2.04. The summed E-state index contributed by atoms with van der Waals surface area (Å²) in [7, 11) is 0. The number of carboxylic acids is 1. The van der Waals surface area contributed by atoms with Crippen LogP contribution in [0.15, 0.2) is 18.2 Å². The van der Waals surface area contributed by atoms with Crippen molar-refractivity contribution in [3.63, 3.8) is 0 Å². The van der Waals surface area contributed by atoms with Crippen molar-refractivity contribution in [2.45, 2.75) is 19.3 Å². The highest BCUT2D eigenvalue weighted by molar-refractivity contribution is 6.00. The quantitative estimate of drug-likeness (QED) is 0.695. The molecule has 0 atom stereocenters.